The van der Waals surface area contributed by atoms with E-state index in [0.717, 1.165) is 36.3 Å². The second-order valence-corrected chi connectivity index (χ2v) is 9.23. The number of piperidine rings is 1. The molecule has 2 amide bonds. The molecule has 37 heavy (non-hydrogen) atoms. The highest BCUT2D eigenvalue weighted by Gasteiger charge is 2.46. The number of quaternary nitrogens is 1. The highest BCUT2D eigenvalue weighted by molar-refractivity contribution is 6.05. The molecule has 1 aromatic carbocycles. The molecule has 2 aromatic rings. The van der Waals surface area contributed by atoms with Gasteiger partial charge in [0, 0.05) is 37.9 Å². The molecule has 4 heterocycles. The number of benzene rings is 1. The smallest absolute Gasteiger partial charge is 0.264 e. The third-order valence-corrected chi connectivity index (χ3v) is 6.82. The minimum atomic E-state index is -0.250. The fourth-order valence-electron chi connectivity index (χ4n) is 4.88. The number of anilines is 1. The van der Waals surface area contributed by atoms with Crippen LogP contribution in [0.5, 0.6) is 0 Å². The van der Waals surface area contributed by atoms with E-state index < -0.39 is 0 Å². The fraction of sp³-hybridized carbons (Fsp3) is 0.296. The van der Waals surface area contributed by atoms with Gasteiger partial charge in [0.1, 0.15) is 17.7 Å². The summed E-state index contributed by atoms with van der Waals surface area (Å²) in [6, 6.07) is 12.5. The van der Waals surface area contributed by atoms with E-state index in [9.17, 15) is 9.59 Å². The highest BCUT2D eigenvalue weighted by atomic mass is 16.5. The number of aromatic nitrogens is 1. The lowest BCUT2D eigenvalue weighted by atomic mass is 9.93. The molecular formula is C27H30N7O3+. The minimum Gasteiger partial charge on any atom is -0.384 e. The predicted molar refractivity (Wildman–Crippen MR) is 140 cm³/mol. The molecular weight excluding hydrogens is 470 g/mol. The number of nitrogens with one attached hydrogen (secondary N) is 1. The summed E-state index contributed by atoms with van der Waals surface area (Å²) in [5.74, 6) is 7.91. The number of fused-ring (bicyclic) bond motifs is 1. The minimum absolute atomic E-state index is 0.0511. The molecule has 1 aromatic heterocycles. The molecule has 3 aliphatic heterocycles. The number of nitrogens with two attached hydrogens (primary N) is 1. The monoisotopic (exact) mass is 500 g/mol. The van der Waals surface area contributed by atoms with Crippen molar-refractivity contribution in [1.82, 2.24) is 9.88 Å². The molecule has 2 atom stereocenters. The largest absolute Gasteiger partial charge is 0.384 e. The first-order chi connectivity index (χ1) is 18.0. The van der Waals surface area contributed by atoms with Gasteiger partial charge in [0.15, 0.2) is 0 Å². The van der Waals surface area contributed by atoms with Gasteiger partial charge in [-0.1, -0.05) is 6.07 Å². The number of pyridine rings is 1. The molecule has 1 fully saturated rings. The van der Waals surface area contributed by atoms with Crippen LogP contribution in [0.15, 0.2) is 82.4 Å². The molecule has 3 N–H and O–H groups in total. The summed E-state index contributed by atoms with van der Waals surface area (Å²) < 4.78 is 4.97. The summed E-state index contributed by atoms with van der Waals surface area (Å²) in [5, 5.41) is 2.79. The van der Waals surface area contributed by atoms with E-state index in [2.05, 4.69) is 15.3 Å². The van der Waals surface area contributed by atoms with Crippen molar-refractivity contribution in [3.8, 4) is 0 Å². The van der Waals surface area contributed by atoms with E-state index in [0.29, 0.717) is 36.8 Å². The Hall–Kier alpha value is -3.99. The van der Waals surface area contributed by atoms with Gasteiger partial charge in [-0.2, -0.15) is 10.8 Å². The van der Waals surface area contributed by atoms with Gasteiger partial charge >= 0.3 is 0 Å². The van der Waals surface area contributed by atoms with E-state index in [1.54, 1.807) is 56.2 Å². The normalized spacial score (nSPS) is 22.6. The number of carbonyl (C=O) groups is 2. The van der Waals surface area contributed by atoms with E-state index in [1.165, 1.54) is 0 Å². The predicted octanol–water partition coefficient (Wildman–Crippen LogP) is 2.83. The first kappa shape index (κ1) is 24.7. The lowest BCUT2D eigenvalue weighted by Crippen LogP contribution is -2.53. The van der Waals surface area contributed by atoms with Crippen LogP contribution in [0.3, 0.4) is 0 Å². The molecule has 3 aliphatic rings. The van der Waals surface area contributed by atoms with Crippen molar-refractivity contribution in [2.75, 3.05) is 32.1 Å². The first-order valence-corrected chi connectivity index (χ1v) is 12.3. The van der Waals surface area contributed by atoms with Crippen LogP contribution in [0.1, 0.15) is 35.2 Å². The van der Waals surface area contributed by atoms with Crippen molar-refractivity contribution < 1.29 is 18.9 Å². The molecule has 0 aliphatic carbocycles. The quantitative estimate of drug-likeness (QED) is 0.447. The maximum atomic E-state index is 12.7. The maximum absolute atomic E-state index is 12.7. The summed E-state index contributed by atoms with van der Waals surface area (Å²) in [6.07, 6.45) is 9.01. The van der Waals surface area contributed by atoms with Crippen LogP contribution < -0.4 is 11.2 Å². The van der Waals surface area contributed by atoms with Crippen LogP contribution in [0.25, 0.3) is 0 Å². The Labute approximate surface area is 215 Å². The van der Waals surface area contributed by atoms with Crippen LogP contribution in [0, 0.1) is 5.92 Å². The van der Waals surface area contributed by atoms with Crippen LogP contribution in [0.2, 0.25) is 0 Å². The van der Waals surface area contributed by atoms with Crippen molar-refractivity contribution in [3.63, 3.8) is 0 Å². The average Bonchev–Trinajstić information content (AvgIpc) is 3.25. The van der Waals surface area contributed by atoms with Gasteiger partial charge in [-0.15, -0.1) is 4.59 Å². The van der Waals surface area contributed by atoms with Crippen molar-refractivity contribution in [2.24, 2.45) is 21.7 Å². The standard InChI is InChI=1S/C27H29N7O3/c1-37-16-11-24(35)33-14-4-5-21(18-33)25-22-17-29-13-15-34(22,28)26(32-25)19-7-9-20(10-8-19)27(36)31-23-6-2-3-12-30-23/h2-3,6-10,12-13,15,17,21H,4-5,11,14,16,18,28H2,1H3/p+1. The molecule has 190 valence electrons. The number of amidine groups is 1. The summed E-state index contributed by atoms with van der Waals surface area (Å²) in [5.41, 5.74) is 2.95. The number of carbonyl (C=O) groups excluding carboxylic acids is 2. The number of nitrogens with zero attached hydrogens (tertiary/aromatic N) is 5. The van der Waals surface area contributed by atoms with Crippen molar-refractivity contribution in [2.45, 2.75) is 19.3 Å². The number of amides is 2. The summed E-state index contributed by atoms with van der Waals surface area (Å²) in [7, 11) is 1.60. The first-order valence-electron chi connectivity index (χ1n) is 12.3. The third-order valence-electron chi connectivity index (χ3n) is 6.82. The topological polar surface area (TPSA) is 122 Å². The summed E-state index contributed by atoms with van der Waals surface area (Å²) in [6.45, 7) is 1.73. The number of hydrogen-bond donors (Lipinski definition) is 2. The zero-order valence-corrected chi connectivity index (χ0v) is 20.7. The van der Waals surface area contributed by atoms with Crippen LogP contribution in [-0.4, -0.2) is 65.1 Å². The summed E-state index contributed by atoms with van der Waals surface area (Å²) in [4.78, 5) is 40.7. The Bertz CT molecular complexity index is 1300. The number of ether oxygens (including phenoxy) is 1. The number of hydrogen-bond acceptors (Lipinski definition) is 7. The van der Waals surface area contributed by atoms with Gasteiger partial charge in [0.25, 0.3) is 11.7 Å². The maximum Gasteiger partial charge on any atom is 0.264 e. The van der Waals surface area contributed by atoms with Crippen LogP contribution in [-0.2, 0) is 9.53 Å². The molecule has 2 unspecified atom stereocenters. The zero-order chi connectivity index (χ0) is 25.8. The number of likely N-dealkylation sites (tertiary alicyclic amines) is 1. The molecule has 0 spiro atoms. The zero-order valence-electron chi connectivity index (χ0n) is 20.7. The number of allylic oxidation sites excluding steroid dienone is 1. The van der Waals surface area contributed by atoms with Crippen molar-refractivity contribution >= 4 is 29.7 Å². The van der Waals surface area contributed by atoms with Crippen molar-refractivity contribution in [1.29, 1.82) is 0 Å². The Kier molecular flexibility index (Phi) is 7.04. The molecule has 0 saturated carbocycles. The Morgan fingerprint density at radius 2 is 2.05 bits per heavy atom. The van der Waals surface area contributed by atoms with E-state index in [4.69, 9.17) is 15.6 Å². The summed E-state index contributed by atoms with van der Waals surface area (Å²) >= 11 is 0. The van der Waals surface area contributed by atoms with E-state index in [1.807, 2.05) is 23.1 Å². The highest BCUT2D eigenvalue weighted by Crippen LogP contribution is 2.37. The molecule has 10 nitrogen and oxygen atoms in total. The van der Waals surface area contributed by atoms with Gasteiger partial charge in [0.05, 0.1) is 31.0 Å². The number of methoxy groups -OCH3 is 1. The number of aliphatic imine (C=N–C) groups is 2. The average molecular weight is 501 g/mol. The van der Waals surface area contributed by atoms with Gasteiger partial charge in [-0.05, 0) is 49.2 Å². The van der Waals surface area contributed by atoms with Crippen molar-refractivity contribution in [3.05, 3.63) is 83.6 Å². The van der Waals surface area contributed by atoms with Gasteiger partial charge < -0.3 is 15.0 Å². The molecule has 0 bridgehead atoms. The number of rotatable bonds is 7. The second kappa shape index (κ2) is 10.6. The fourth-order valence-corrected chi connectivity index (χ4v) is 4.88. The Morgan fingerprint density at radius 1 is 1.22 bits per heavy atom. The Balaban J connectivity index is 1.38. The van der Waals surface area contributed by atoms with Crippen LogP contribution in [0.4, 0.5) is 5.82 Å². The van der Waals surface area contributed by atoms with E-state index >= 15 is 0 Å². The molecule has 10 heteroatoms. The van der Waals surface area contributed by atoms with E-state index in [-0.39, 0.29) is 22.3 Å². The Morgan fingerprint density at radius 3 is 2.81 bits per heavy atom. The molecule has 5 rings (SSSR count). The third kappa shape index (κ3) is 4.99. The van der Waals surface area contributed by atoms with Gasteiger partial charge in [0.2, 0.25) is 11.6 Å². The lowest BCUT2D eigenvalue weighted by molar-refractivity contribution is -0.750. The van der Waals surface area contributed by atoms with Gasteiger partial charge in [-0.25, -0.2) is 4.98 Å². The van der Waals surface area contributed by atoms with Gasteiger partial charge in [-0.3, -0.25) is 14.6 Å². The second-order valence-electron chi connectivity index (χ2n) is 9.23. The molecule has 1 saturated heterocycles. The molecule has 0 radical (unpaired) electrons. The SMILES string of the molecule is COCCC(=O)N1CCCC(C2=C3C=NC=C[N+]3(N)C(c3ccc(C(=O)Nc4ccccn4)cc3)=N2)C1. The lowest BCUT2D eigenvalue weighted by Gasteiger charge is -2.33. The van der Waals surface area contributed by atoms with Crippen LogP contribution >= 0.6 is 0 Å².